The summed E-state index contributed by atoms with van der Waals surface area (Å²) in [7, 11) is 0. The Morgan fingerprint density at radius 1 is 1.03 bits per heavy atom. The van der Waals surface area contributed by atoms with Crippen molar-refractivity contribution in [3.63, 3.8) is 0 Å². The van der Waals surface area contributed by atoms with Crippen LogP contribution in [0.25, 0.3) is 0 Å². The van der Waals surface area contributed by atoms with E-state index in [1.807, 2.05) is 24.3 Å². The van der Waals surface area contributed by atoms with Crippen LogP contribution in [-0.2, 0) is 19.2 Å². The molecule has 0 saturated heterocycles. The van der Waals surface area contributed by atoms with E-state index in [9.17, 15) is 19.2 Å². The number of carbonyl (C=O) groups excluding carboxylic acids is 3. The number of halogens is 1. The van der Waals surface area contributed by atoms with E-state index in [0.29, 0.717) is 27.9 Å². The van der Waals surface area contributed by atoms with Gasteiger partial charge >= 0.3 is 5.97 Å². The maximum absolute atomic E-state index is 13.7. The molecule has 0 spiro atoms. The van der Waals surface area contributed by atoms with Crippen molar-refractivity contribution >= 4 is 51.0 Å². The van der Waals surface area contributed by atoms with E-state index in [1.54, 1.807) is 6.08 Å². The van der Waals surface area contributed by atoms with Crippen molar-refractivity contribution in [1.82, 2.24) is 0 Å². The Kier molecular flexibility index (Phi) is 4.85. The van der Waals surface area contributed by atoms with E-state index in [0.717, 1.165) is 22.9 Å². The number of Topliss-reactive ketones (excluding diaryl/α,β-unsaturated/α-hetero) is 2. The molecule has 1 aromatic rings. The lowest BCUT2D eigenvalue weighted by Crippen LogP contribution is -2.40. The van der Waals surface area contributed by atoms with E-state index in [4.69, 9.17) is 10.8 Å². The molecular formula is C24H16BrNO5S. The molecule has 0 aliphatic heterocycles. The maximum Gasteiger partial charge on any atom is 0.321 e. The van der Waals surface area contributed by atoms with Crippen LogP contribution in [-0.4, -0.2) is 40.2 Å². The second kappa shape index (κ2) is 7.37. The topological polar surface area (TPSA) is 115 Å². The van der Waals surface area contributed by atoms with Gasteiger partial charge in [-0.1, -0.05) is 36.9 Å². The first-order valence-corrected chi connectivity index (χ1v) is 11.6. The normalized spacial score (nSPS) is 24.7. The molecule has 6 nitrogen and oxygen atoms in total. The highest BCUT2D eigenvalue weighted by Gasteiger charge is 2.53. The second-order valence-electron chi connectivity index (χ2n) is 7.93. The number of nitrogens with two attached hydrogens (primary N) is 1. The molecule has 0 heterocycles. The number of ketones is 3. The SMILES string of the molecule is C=C1C=CC(=O)C2=C1C1C3=C(C(=O)C(SC[C@H](N)C(=O)O)=C(Br)C3=O)C2c2ccccc21. The number of hydrogen-bond acceptors (Lipinski definition) is 6. The first kappa shape index (κ1) is 21.1. The van der Waals surface area contributed by atoms with Gasteiger partial charge in [0.2, 0.25) is 0 Å². The van der Waals surface area contributed by atoms with Crippen LogP contribution in [0.2, 0.25) is 0 Å². The van der Waals surface area contributed by atoms with Crippen molar-refractivity contribution in [2.45, 2.75) is 17.9 Å². The van der Waals surface area contributed by atoms with Crippen molar-refractivity contribution < 1.29 is 24.3 Å². The summed E-state index contributed by atoms with van der Waals surface area (Å²) < 4.78 is 0.0966. The molecule has 2 unspecified atom stereocenters. The molecule has 0 fully saturated rings. The molecule has 1 aromatic carbocycles. The van der Waals surface area contributed by atoms with Gasteiger partial charge in [0.1, 0.15) is 6.04 Å². The number of carbonyl (C=O) groups is 4. The standard InChI is InChI=1S/C24H16BrNO5S/c1-9-6-7-13(27)17-14(9)15-10-4-2-3-5-11(10)16(17)19-18(15)21(28)20(25)23(22(19)29)32-8-12(26)24(30)31/h2-7,12,15-16H,1,8,26H2,(H,30,31)/t12-,15?,16?/m0/s1. The van der Waals surface area contributed by atoms with E-state index < -0.39 is 23.8 Å². The molecule has 160 valence electrons. The van der Waals surface area contributed by atoms with Gasteiger partial charge in [0.25, 0.3) is 0 Å². The molecule has 8 heteroatoms. The maximum atomic E-state index is 13.7. The van der Waals surface area contributed by atoms with E-state index >= 15 is 0 Å². The van der Waals surface area contributed by atoms with E-state index in [-0.39, 0.29) is 32.5 Å². The van der Waals surface area contributed by atoms with Gasteiger partial charge in [-0.15, -0.1) is 11.8 Å². The number of carboxylic acid groups (broad SMARTS) is 1. The molecule has 0 aromatic heterocycles. The van der Waals surface area contributed by atoms with Crippen LogP contribution in [0.4, 0.5) is 0 Å². The first-order valence-electron chi connectivity index (χ1n) is 9.83. The molecule has 6 rings (SSSR count). The largest absolute Gasteiger partial charge is 0.480 e. The van der Waals surface area contributed by atoms with Crippen molar-refractivity contribution in [3.05, 3.63) is 91.4 Å². The van der Waals surface area contributed by atoms with Gasteiger partial charge in [-0.05, 0) is 44.3 Å². The summed E-state index contributed by atoms with van der Waals surface area (Å²) in [5.41, 5.74) is 9.83. The van der Waals surface area contributed by atoms with Crippen LogP contribution >= 0.6 is 27.7 Å². The van der Waals surface area contributed by atoms with Crippen LogP contribution in [0, 0.1) is 0 Å². The van der Waals surface area contributed by atoms with Crippen molar-refractivity contribution in [2.24, 2.45) is 5.73 Å². The molecule has 0 radical (unpaired) electrons. The zero-order valence-corrected chi connectivity index (χ0v) is 19.0. The Morgan fingerprint density at radius 3 is 2.25 bits per heavy atom. The second-order valence-corrected chi connectivity index (χ2v) is 9.75. The number of benzene rings is 1. The first-order chi connectivity index (χ1) is 15.2. The monoisotopic (exact) mass is 509 g/mol. The van der Waals surface area contributed by atoms with Crippen LogP contribution in [0.3, 0.4) is 0 Å². The third-order valence-electron chi connectivity index (χ3n) is 6.22. The van der Waals surface area contributed by atoms with Gasteiger partial charge in [-0.25, -0.2) is 0 Å². The minimum absolute atomic E-state index is 0.0709. The molecule has 2 bridgehead atoms. The number of thioether (sulfide) groups is 1. The quantitative estimate of drug-likeness (QED) is 0.599. The fourth-order valence-corrected chi connectivity index (χ4v) is 6.57. The molecule has 3 N–H and O–H groups in total. The van der Waals surface area contributed by atoms with Crippen molar-refractivity contribution in [1.29, 1.82) is 0 Å². The Labute approximate surface area is 195 Å². The number of aliphatic carboxylic acids is 1. The van der Waals surface area contributed by atoms with Crippen LogP contribution in [0.1, 0.15) is 23.0 Å². The average Bonchev–Trinajstić information content (AvgIpc) is 2.78. The van der Waals surface area contributed by atoms with Crippen molar-refractivity contribution in [2.75, 3.05) is 5.75 Å². The molecular weight excluding hydrogens is 494 g/mol. The summed E-state index contributed by atoms with van der Waals surface area (Å²) in [6, 6.07) is 6.34. The predicted octanol–water partition coefficient (Wildman–Crippen LogP) is 3.07. The third kappa shape index (κ3) is 2.76. The summed E-state index contributed by atoms with van der Waals surface area (Å²) in [4.78, 5) is 51.4. The Morgan fingerprint density at radius 2 is 1.62 bits per heavy atom. The molecule has 0 amide bonds. The van der Waals surface area contributed by atoms with Crippen molar-refractivity contribution in [3.8, 4) is 0 Å². The van der Waals surface area contributed by atoms with Crippen LogP contribution < -0.4 is 5.73 Å². The van der Waals surface area contributed by atoms with Gasteiger partial charge < -0.3 is 10.8 Å². The smallest absolute Gasteiger partial charge is 0.321 e. The Bertz CT molecular complexity index is 1320. The lowest BCUT2D eigenvalue weighted by Gasteiger charge is -2.45. The molecule has 32 heavy (non-hydrogen) atoms. The average molecular weight is 510 g/mol. The molecule has 5 aliphatic rings. The Hall–Kier alpha value is -2.81. The predicted molar refractivity (Wildman–Crippen MR) is 123 cm³/mol. The van der Waals surface area contributed by atoms with Crippen LogP contribution in [0.15, 0.2) is 80.2 Å². The third-order valence-corrected chi connectivity index (χ3v) is 8.44. The van der Waals surface area contributed by atoms with Gasteiger partial charge in [-0.3, -0.25) is 19.2 Å². The highest BCUT2D eigenvalue weighted by molar-refractivity contribution is 9.12. The minimum atomic E-state index is -1.19. The summed E-state index contributed by atoms with van der Waals surface area (Å²) in [6.45, 7) is 4.09. The van der Waals surface area contributed by atoms with Gasteiger partial charge in [0, 0.05) is 34.3 Å². The zero-order chi connectivity index (χ0) is 22.9. The van der Waals surface area contributed by atoms with E-state index in [1.165, 1.54) is 6.08 Å². The van der Waals surface area contributed by atoms with Gasteiger partial charge in [0.15, 0.2) is 17.3 Å². The lowest BCUT2D eigenvalue weighted by molar-refractivity contribution is -0.138. The molecule has 3 atom stereocenters. The van der Waals surface area contributed by atoms with Gasteiger partial charge in [0.05, 0.1) is 9.39 Å². The van der Waals surface area contributed by atoms with Crippen LogP contribution in [0.5, 0.6) is 0 Å². The molecule has 0 saturated carbocycles. The number of allylic oxidation sites excluding steroid dienone is 9. The Balaban J connectivity index is 1.67. The number of rotatable bonds is 4. The van der Waals surface area contributed by atoms with E-state index in [2.05, 4.69) is 22.5 Å². The minimum Gasteiger partial charge on any atom is -0.480 e. The summed E-state index contributed by atoms with van der Waals surface area (Å²) in [5, 5.41) is 9.08. The number of carboxylic acids is 1. The summed E-state index contributed by atoms with van der Waals surface area (Å²) in [5.74, 6) is -3.40. The lowest BCUT2D eigenvalue weighted by atomic mass is 9.56. The zero-order valence-electron chi connectivity index (χ0n) is 16.6. The highest BCUT2D eigenvalue weighted by Crippen LogP contribution is 2.60. The van der Waals surface area contributed by atoms with Gasteiger partial charge in [-0.2, -0.15) is 0 Å². The molecule has 5 aliphatic carbocycles. The fourth-order valence-electron chi connectivity index (χ4n) is 4.88. The fraction of sp³-hybridized carbons (Fsp3) is 0.167. The highest BCUT2D eigenvalue weighted by atomic mass is 79.9. The summed E-state index contributed by atoms with van der Waals surface area (Å²) in [6.07, 6.45) is 3.10. The summed E-state index contributed by atoms with van der Waals surface area (Å²) >= 11 is 4.22. The number of hydrogen-bond donors (Lipinski definition) is 2.